The molecule has 26 heavy (non-hydrogen) atoms. The van der Waals surface area contributed by atoms with Crippen molar-refractivity contribution < 1.29 is 18.7 Å². The van der Waals surface area contributed by atoms with Crippen molar-refractivity contribution in [2.24, 2.45) is 0 Å². The fourth-order valence-corrected chi connectivity index (χ4v) is 2.63. The number of nitrogens with zero attached hydrogens (tertiary/aromatic N) is 1. The molecule has 3 aromatic rings. The number of amides is 2. The zero-order chi connectivity index (χ0) is 18.1. The lowest BCUT2D eigenvalue weighted by Crippen LogP contribution is -2.25. The Morgan fingerprint density at radius 3 is 2.73 bits per heavy atom. The van der Waals surface area contributed by atoms with Gasteiger partial charge in [0.25, 0.3) is 11.8 Å². The van der Waals surface area contributed by atoms with E-state index in [0.717, 1.165) is 5.56 Å². The summed E-state index contributed by atoms with van der Waals surface area (Å²) < 4.78 is 10.8. The zero-order valence-corrected chi connectivity index (χ0v) is 13.9. The second-order valence-corrected chi connectivity index (χ2v) is 5.82. The number of ether oxygens (including phenoxy) is 1. The highest BCUT2D eigenvalue weighted by Crippen LogP contribution is 2.29. The number of rotatable bonds is 3. The van der Waals surface area contributed by atoms with Crippen LogP contribution in [0.15, 0.2) is 53.1 Å². The maximum Gasteiger partial charge on any atom is 0.262 e. The number of aryl methyl sites for hydroxylation is 1. The number of aromatic nitrogens is 1. The first kappa shape index (κ1) is 15.9. The van der Waals surface area contributed by atoms with Gasteiger partial charge in [-0.1, -0.05) is 0 Å². The summed E-state index contributed by atoms with van der Waals surface area (Å²) in [6.07, 6.45) is 1.66. The third-order valence-electron chi connectivity index (χ3n) is 3.93. The molecule has 130 valence electrons. The van der Waals surface area contributed by atoms with E-state index in [1.54, 1.807) is 43.5 Å². The van der Waals surface area contributed by atoms with Crippen LogP contribution in [0.25, 0.3) is 11.3 Å². The number of hydrogen-bond donors (Lipinski definition) is 2. The highest BCUT2D eigenvalue weighted by Gasteiger charge is 2.18. The second-order valence-electron chi connectivity index (χ2n) is 5.82. The van der Waals surface area contributed by atoms with Crippen LogP contribution in [0, 0.1) is 6.92 Å². The van der Waals surface area contributed by atoms with Crippen molar-refractivity contribution in [3.63, 3.8) is 0 Å². The van der Waals surface area contributed by atoms with Crippen LogP contribution >= 0.6 is 0 Å². The van der Waals surface area contributed by atoms with Gasteiger partial charge in [0.2, 0.25) is 0 Å². The number of oxazole rings is 1. The van der Waals surface area contributed by atoms with E-state index < -0.39 is 0 Å². The lowest BCUT2D eigenvalue weighted by atomic mass is 10.1. The molecule has 0 saturated heterocycles. The van der Waals surface area contributed by atoms with Crippen LogP contribution in [0.2, 0.25) is 0 Å². The smallest absolute Gasteiger partial charge is 0.262 e. The van der Waals surface area contributed by atoms with Gasteiger partial charge in [0.05, 0.1) is 11.9 Å². The third kappa shape index (κ3) is 3.14. The van der Waals surface area contributed by atoms with Gasteiger partial charge in [0.1, 0.15) is 5.75 Å². The van der Waals surface area contributed by atoms with E-state index in [4.69, 9.17) is 9.15 Å². The van der Waals surface area contributed by atoms with E-state index in [1.165, 1.54) is 0 Å². The van der Waals surface area contributed by atoms with Crippen molar-refractivity contribution in [3.05, 3.63) is 60.1 Å². The third-order valence-corrected chi connectivity index (χ3v) is 3.93. The minimum Gasteiger partial charge on any atom is -0.482 e. The van der Waals surface area contributed by atoms with E-state index in [-0.39, 0.29) is 18.4 Å². The van der Waals surface area contributed by atoms with Gasteiger partial charge in [-0.3, -0.25) is 9.59 Å². The number of anilines is 2. The normalized spacial score (nSPS) is 12.7. The van der Waals surface area contributed by atoms with Gasteiger partial charge in [0, 0.05) is 23.7 Å². The van der Waals surface area contributed by atoms with Gasteiger partial charge < -0.3 is 19.8 Å². The Labute approximate surface area is 149 Å². The average molecular weight is 349 g/mol. The summed E-state index contributed by atoms with van der Waals surface area (Å²) >= 11 is 0. The van der Waals surface area contributed by atoms with Crippen molar-refractivity contribution >= 4 is 23.2 Å². The van der Waals surface area contributed by atoms with Crippen LogP contribution in [-0.4, -0.2) is 23.4 Å². The van der Waals surface area contributed by atoms with Crippen LogP contribution in [0.5, 0.6) is 5.75 Å². The Kier molecular flexibility index (Phi) is 3.89. The van der Waals surface area contributed by atoms with Crippen molar-refractivity contribution in [3.8, 4) is 17.1 Å². The van der Waals surface area contributed by atoms with Crippen LogP contribution < -0.4 is 15.4 Å². The molecule has 7 nitrogen and oxygen atoms in total. The Hall–Kier alpha value is -3.61. The summed E-state index contributed by atoms with van der Waals surface area (Å²) in [6.45, 7) is 1.73. The highest BCUT2D eigenvalue weighted by atomic mass is 16.5. The van der Waals surface area contributed by atoms with Crippen LogP contribution in [0.4, 0.5) is 11.4 Å². The molecule has 2 aromatic carbocycles. The molecule has 1 aromatic heterocycles. The lowest BCUT2D eigenvalue weighted by Gasteiger charge is -2.18. The molecule has 0 radical (unpaired) electrons. The van der Waals surface area contributed by atoms with Gasteiger partial charge in [-0.15, -0.1) is 0 Å². The molecule has 0 bridgehead atoms. The second kappa shape index (κ2) is 6.36. The summed E-state index contributed by atoms with van der Waals surface area (Å²) in [6, 6.07) is 12.2. The Balaban J connectivity index is 1.49. The topological polar surface area (TPSA) is 93.5 Å². The number of benzene rings is 2. The van der Waals surface area contributed by atoms with Crippen molar-refractivity contribution in [1.82, 2.24) is 4.98 Å². The molecule has 2 N–H and O–H groups in total. The number of fused-ring (bicyclic) bond motifs is 1. The van der Waals surface area contributed by atoms with E-state index in [1.807, 2.05) is 12.1 Å². The molecule has 0 aliphatic carbocycles. The number of carbonyl (C=O) groups is 2. The SMILES string of the molecule is Cc1ncc(-c2ccc(NC(=O)c3ccc4c(c3)OCC(=O)N4)cc2)o1. The molecule has 7 heteroatoms. The molecule has 0 spiro atoms. The first-order valence-electron chi connectivity index (χ1n) is 7.99. The molecular formula is C19H15N3O4. The summed E-state index contributed by atoms with van der Waals surface area (Å²) in [4.78, 5) is 27.8. The molecule has 0 atom stereocenters. The van der Waals surface area contributed by atoms with E-state index in [2.05, 4.69) is 15.6 Å². The number of hydrogen-bond acceptors (Lipinski definition) is 5. The number of nitrogens with one attached hydrogen (secondary N) is 2. The largest absolute Gasteiger partial charge is 0.482 e. The predicted molar refractivity (Wildman–Crippen MR) is 95.2 cm³/mol. The van der Waals surface area contributed by atoms with Gasteiger partial charge in [-0.25, -0.2) is 4.98 Å². The lowest BCUT2D eigenvalue weighted by molar-refractivity contribution is -0.118. The van der Waals surface area contributed by atoms with Crippen LogP contribution in [0.3, 0.4) is 0 Å². The van der Waals surface area contributed by atoms with Crippen LogP contribution in [-0.2, 0) is 4.79 Å². The van der Waals surface area contributed by atoms with Crippen molar-refractivity contribution in [2.45, 2.75) is 6.92 Å². The predicted octanol–water partition coefficient (Wildman–Crippen LogP) is 3.23. The molecule has 0 fully saturated rings. The minimum atomic E-state index is -0.267. The molecule has 0 saturated carbocycles. The first-order chi connectivity index (χ1) is 12.6. The standard InChI is InChI=1S/C19H15N3O4/c1-11-20-9-17(26-11)12-2-5-14(6-3-12)21-19(24)13-4-7-15-16(8-13)25-10-18(23)22-15/h2-9H,10H2,1H3,(H,21,24)(H,22,23). The molecule has 1 aliphatic rings. The molecule has 1 aliphatic heterocycles. The fourth-order valence-electron chi connectivity index (χ4n) is 2.63. The van der Waals surface area contributed by atoms with Gasteiger partial charge in [-0.2, -0.15) is 0 Å². The quantitative estimate of drug-likeness (QED) is 0.757. The monoisotopic (exact) mass is 349 g/mol. The van der Waals surface area contributed by atoms with Gasteiger partial charge in [-0.05, 0) is 42.5 Å². The highest BCUT2D eigenvalue weighted by molar-refractivity contribution is 6.05. The first-order valence-corrected chi connectivity index (χ1v) is 7.99. The van der Waals surface area contributed by atoms with Gasteiger partial charge >= 0.3 is 0 Å². The molecule has 4 rings (SSSR count). The minimum absolute atomic E-state index is 0.0549. The summed E-state index contributed by atoms with van der Waals surface area (Å²) in [5, 5.41) is 5.52. The average Bonchev–Trinajstić information content (AvgIpc) is 3.08. The molecule has 2 amide bonds. The Morgan fingerprint density at radius 2 is 2.00 bits per heavy atom. The maximum atomic E-state index is 12.4. The van der Waals surface area contributed by atoms with E-state index in [9.17, 15) is 9.59 Å². The van der Waals surface area contributed by atoms with E-state index in [0.29, 0.717) is 34.3 Å². The molecular weight excluding hydrogens is 334 g/mol. The number of carbonyl (C=O) groups excluding carboxylic acids is 2. The Bertz CT molecular complexity index is 992. The zero-order valence-electron chi connectivity index (χ0n) is 13.9. The van der Waals surface area contributed by atoms with Crippen molar-refractivity contribution in [1.29, 1.82) is 0 Å². The van der Waals surface area contributed by atoms with Crippen LogP contribution in [0.1, 0.15) is 16.2 Å². The summed E-state index contributed by atoms with van der Waals surface area (Å²) in [5.74, 6) is 1.28. The van der Waals surface area contributed by atoms with Crippen molar-refractivity contribution in [2.75, 3.05) is 17.2 Å². The Morgan fingerprint density at radius 1 is 1.19 bits per heavy atom. The maximum absolute atomic E-state index is 12.4. The molecule has 0 unspecified atom stereocenters. The van der Waals surface area contributed by atoms with E-state index >= 15 is 0 Å². The molecule has 2 heterocycles. The fraction of sp³-hybridized carbons (Fsp3) is 0.105. The summed E-state index contributed by atoms with van der Waals surface area (Å²) in [7, 11) is 0. The summed E-state index contributed by atoms with van der Waals surface area (Å²) in [5.41, 5.74) is 2.53. The van der Waals surface area contributed by atoms with Gasteiger partial charge in [0.15, 0.2) is 18.3 Å².